The van der Waals surface area contributed by atoms with Crippen LogP contribution in [-0.4, -0.2) is 58.7 Å². The number of ether oxygens (including phenoxy) is 2. The highest BCUT2D eigenvalue weighted by Crippen LogP contribution is 2.12. The molecule has 23 heavy (non-hydrogen) atoms. The van der Waals surface area contributed by atoms with Crippen molar-refractivity contribution in [3.05, 3.63) is 29.8 Å². The molecule has 128 valence electrons. The predicted molar refractivity (Wildman–Crippen MR) is 84.4 cm³/mol. The van der Waals surface area contributed by atoms with Crippen molar-refractivity contribution < 1.29 is 22.7 Å². The molecule has 0 aromatic heterocycles. The lowest BCUT2D eigenvalue weighted by molar-refractivity contribution is -0.133. The average molecular weight is 342 g/mol. The van der Waals surface area contributed by atoms with Crippen LogP contribution in [-0.2, 0) is 30.9 Å². The van der Waals surface area contributed by atoms with Gasteiger partial charge in [0.1, 0.15) is 0 Å². The monoisotopic (exact) mass is 342 g/mol. The largest absolute Gasteiger partial charge is 0.378 e. The van der Waals surface area contributed by atoms with E-state index in [1.807, 2.05) is 6.92 Å². The number of nitrogens with one attached hydrogen (secondary N) is 1. The van der Waals surface area contributed by atoms with Crippen molar-refractivity contribution in [3.8, 4) is 0 Å². The molecule has 2 rings (SSSR count). The van der Waals surface area contributed by atoms with Crippen LogP contribution in [0.5, 0.6) is 0 Å². The van der Waals surface area contributed by atoms with E-state index < -0.39 is 10.0 Å². The summed E-state index contributed by atoms with van der Waals surface area (Å²) in [5.74, 6) is -0.248. The maximum absolute atomic E-state index is 12.3. The van der Waals surface area contributed by atoms with E-state index in [2.05, 4.69) is 4.72 Å². The zero-order chi connectivity index (χ0) is 16.7. The number of benzene rings is 1. The molecule has 1 N–H and O–H groups in total. The first kappa shape index (κ1) is 17.9. The van der Waals surface area contributed by atoms with Gasteiger partial charge >= 0.3 is 0 Å². The van der Waals surface area contributed by atoms with Crippen LogP contribution in [0.2, 0.25) is 0 Å². The van der Waals surface area contributed by atoms with Crippen molar-refractivity contribution in [1.29, 1.82) is 0 Å². The first-order valence-corrected chi connectivity index (χ1v) is 9.03. The quantitative estimate of drug-likeness (QED) is 0.773. The fourth-order valence-electron chi connectivity index (χ4n) is 2.19. The topological polar surface area (TPSA) is 84.9 Å². The standard InChI is InChI=1S/C15H22N2O5S/c1-2-21-12-13-4-3-5-14(10-13)23(19,20)16-11-15(18)17-6-8-22-9-7-17/h3-5,10,16H,2,6-9,11-12H2,1H3. The van der Waals surface area contributed by atoms with E-state index in [1.54, 1.807) is 23.1 Å². The zero-order valence-electron chi connectivity index (χ0n) is 13.2. The van der Waals surface area contributed by atoms with Gasteiger partial charge < -0.3 is 14.4 Å². The van der Waals surface area contributed by atoms with Crippen LogP contribution in [0.4, 0.5) is 0 Å². The third-order valence-corrected chi connectivity index (χ3v) is 4.86. The lowest BCUT2D eigenvalue weighted by atomic mass is 10.2. The number of rotatable bonds is 7. The van der Waals surface area contributed by atoms with E-state index in [-0.39, 0.29) is 17.3 Å². The molecule has 1 heterocycles. The molecule has 1 aliphatic heterocycles. The van der Waals surface area contributed by atoms with Gasteiger partial charge in [0.05, 0.1) is 31.3 Å². The van der Waals surface area contributed by atoms with Crippen molar-refractivity contribution in [2.75, 3.05) is 39.5 Å². The molecule has 0 saturated carbocycles. The molecule has 0 aliphatic carbocycles. The molecular formula is C15H22N2O5S. The van der Waals surface area contributed by atoms with Crippen LogP contribution >= 0.6 is 0 Å². The summed E-state index contributed by atoms with van der Waals surface area (Å²) in [6, 6.07) is 6.51. The molecule has 0 bridgehead atoms. The van der Waals surface area contributed by atoms with E-state index in [1.165, 1.54) is 6.07 Å². The Morgan fingerprint density at radius 2 is 2.09 bits per heavy atom. The molecule has 0 unspecified atom stereocenters. The highest BCUT2D eigenvalue weighted by Gasteiger charge is 2.20. The first-order chi connectivity index (χ1) is 11.0. The van der Waals surface area contributed by atoms with Crippen molar-refractivity contribution in [2.24, 2.45) is 0 Å². The van der Waals surface area contributed by atoms with Crippen molar-refractivity contribution in [1.82, 2.24) is 9.62 Å². The molecule has 0 atom stereocenters. The number of hydrogen-bond acceptors (Lipinski definition) is 5. The van der Waals surface area contributed by atoms with E-state index in [4.69, 9.17) is 9.47 Å². The zero-order valence-corrected chi connectivity index (χ0v) is 14.0. The second-order valence-electron chi connectivity index (χ2n) is 5.10. The number of carbonyl (C=O) groups excluding carboxylic acids is 1. The minimum Gasteiger partial charge on any atom is -0.378 e. The van der Waals surface area contributed by atoms with E-state index in [0.717, 1.165) is 5.56 Å². The van der Waals surface area contributed by atoms with Gasteiger partial charge in [-0.1, -0.05) is 12.1 Å². The van der Waals surface area contributed by atoms with Crippen LogP contribution in [0.3, 0.4) is 0 Å². The molecule has 1 aromatic carbocycles. The average Bonchev–Trinajstić information content (AvgIpc) is 2.59. The molecule has 1 aromatic rings. The lowest BCUT2D eigenvalue weighted by Gasteiger charge is -2.26. The van der Waals surface area contributed by atoms with Gasteiger partial charge in [-0.05, 0) is 24.6 Å². The van der Waals surface area contributed by atoms with Gasteiger partial charge in [-0.15, -0.1) is 0 Å². The Kier molecular flexibility index (Phi) is 6.52. The Bertz CT molecular complexity index is 627. The maximum Gasteiger partial charge on any atom is 0.241 e. The molecule has 0 spiro atoms. The van der Waals surface area contributed by atoms with Gasteiger partial charge in [0.2, 0.25) is 15.9 Å². The summed E-state index contributed by atoms with van der Waals surface area (Å²) < 4.78 is 37.4. The fraction of sp³-hybridized carbons (Fsp3) is 0.533. The molecule has 8 heteroatoms. The minimum atomic E-state index is -3.73. The van der Waals surface area contributed by atoms with Crippen LogP contribution in [0.25, 0.3) is 0 Å². The van der Waals surface area contributed by atoms with Crippen LogP contribution in [0.15, 0.2) is 29.2 Å². The maximum atomic E-state index is 12.3. The Morgan fingerprint density at radius 1 is 1.35 bits per heavy atom. The number of sulfonamides is 1. The van der Waals surface area contributed by atoms with Crippen LogP contribution < -0.4 is 4.72 Å². The van der Waals surface area contributed by atoms with Crippen molar-refractivity contribution in [2.45, 2.75) is 18.4 Å². The summed E-state index contributed by atoms with van der Waals surface area (Å²) in [7, 11) is -3.73. The molecule has 1 saturated heterocycles. The van der Waals surface area contributed by atoms with Crippen LogP contribution in [0, 0.1) is 0 Å². The predicted octanol–water partition coefficient (Wildman–Crippen LogP) is 0.360. The molecular weight excluding hydrogens is 320 g/mol. The second-order valence-corrected chi connectivity index (χ2v) is 6.87. The summed E-state index contributed by atoms with van der Waals surface area (Å²) >= 11 is 0. The Labute approximate surface area is 136 Å². The van der Waals surface area contributed by atoms with Crippen LogP contribution in [0.1, 0.15) is 12.5 Å². The van der Waals surface area contributed by atoms with Gasteiger partial charge in [-0.25, -0.2) is 13.1 Å². The number of hydrogen-bond donors (Lipinski definition) is 1. The van der Waals surface area contributed by atoms with E-state index >= 15 is 0 Å². The smallest absolute Gasteiger partial charge is 0.241 e. The lowest BCUT2D eigenvalue weighted by Crippen LogP contribution is -2.45. The number of morpholine rings is 1. The highest BCUT2D eigenvalue weighted by molar-refractivity contribution is 7.89. The summed E-state index contributed by atoms with van der Waals surface area (Å²) in [4.78, 5) is 13.7. The summed E-state index contributed by atoms with van der Waals surface area (Å²) in [6.07, 6.45) is 0. The second kappa shape index (κ2) is 8.39. The Hall–Kier alpha value is -1.48. The number of nitrogens with zero attached hydrogens (tertiary/aromatic N) is 1. The van der Waals surface area contributed by atoms with E-state index in [0.29, 0.717) is 39.5 Å². The van der Waals surface area contributed by atoms with Gasteiger partial charge in [0, 0.05) is 19.7 Å². The Morgan fingerprint density at radius 3 is 2.78 bits per heavy atom. The number of amides is 1. The van der Waals surface area contributed by atoms with Gasteiger partial charge in [-0.2, -0.15) is 0 Å². The Balaban J connectivity index is 1.96. The molecule has 0 radical (unpaired) electrons. The highest BCUT2D eigenvalue weighted by atomic mass is 32.2. The van der Waals surface area contributed by atoms with Crippen molar-refractivity contribution in [3.63, 3.8) is 0 Å². The fourth-order valence-corrected chi connectivity index (χ4v) is 3.23. The SMILES string of the molecule is CCOCc1cccc(S(=O)(=O)NCC(=O)N2CCOCC2)c1. The first-order valence-electron chi connectivity index (χ1n) is 7.55. The number of carbonyl (C=O) groups is 1. The normalized spacial score (nSPS) is 15.6. The summed E-state index contributed by atoms with van der Waals surface area (Å²) in [6.45, 7) is 4.48. The molecule has 1 amide bonds. The molecule has 1 aliphatic rings. The third-order valence-electron chi connectivity index (χ3n) is 3.46. The summed E-state index contributed by atoms with van der Waals surface area (Å²) in [5, 5.41) is 0. The van der Waals surface area contributed by atoms with Gasteiger partial charge in [0.15, 0.2) is 0 Å². The third kappa shape index (κ3) is 5.28. The minimum absolute atomic E-state index is 0.129. The van der Waals surface area contributed by atoms with E-state index in [9.17, 15) is 13.2 Å². The summed E-state index contributed by atoms with van der Waals surface area (Å²) in [5.41, 5.74) is 0.772. The van der Waals surface area contributed by atoms with Crippen molar-refractivity contribution >= 4 is 15.9 Å². The van der Waals surface area contributed by atoms with Gasteiger partial charge in [0.25, 0.3) is 0 Å². The molecule has 7 nitrogen and oxygen atoms in total. The van der Waals surface area contributed by atoms with Gasteiger partial charge in [-0.3, -0.25) is 4.79 Å². The molecule has 1 fully saturated rings.